The van der Waals surface area contributed by atoms with Gasteiger partial charge in [-0.25, -0.2) is 4.79 Å². The maximum absolute atomic E-state index is 10.4. The lowest BCUT2D eigenvalue weighted by Gasteiger charge is -2.21. The zero-order valence-corrected chi connectivity index (χ0v) is 11.4. The van der Waals surface area contributed by atoms with E-state index in [1.165, 1.54) is 30.9 Å². The lowest BCUT2D eigenvalue weighted by molar-refractivity contribution is -0.131. The second kappa shape index (κ2) is 6.53. The Bertz CT molecular complexity index is 446. The lowest BCUT2D eigenvalue weighted by atomic mass is 10.1. The fourth-order valence-electron chi connectivity index (χ4n) is 2.25. The van der Waals surface area contributed by atoms with E-state index in [0.717, 1.165) is 24.7 Å². The van der Waals surface area contributed by atoms with Crippen LogP contribution in [0.3, 0.4) is 0 Å². The van der Waals surface area contributed by atoms with Gasteiger partial charge in [-0.15, -0.1) is 0 Å². The van der Waals surface area contributed by atoms with Gasteiger partial charge in [0.05, 0.1) is 0 Å². The van der Waals surface area contributed by atoms with Gasteiger partial charge in [0.1, 0.15) is 0 Å². The van der Waals surface area contributed by atoms with Crippen molar-refractivity contribution in [3.8, 4) is 0 Å². The third kappa shape index (κ3) is 4.52. The summed E-state index contributed by atoms with van der Waals surface area (Å²) in [5.41, 5.74) is 2.23. The van der Waals surface area contributed by atoms with Crippen molar-refractivity contribution in [3.63, 3.8) is 0 Å². The molecule has 0 saturated heterocycles. The Morgan fingerprint density at radius 3 is 2.58 bits per heavy atom. The van der Waals surface area contributed by atoms with Gasteiger partial charge in [-0.1, -0.05) is 31.2 Å². The molecule has 1 aromatic carbocycles. The molecule has 0 aromatic heterocycles. The zero-order chi connectivity index (χ0) is 13.7. The van der Waals surface area contributed by atoms with Gasteiger partial charge in [-0.3, -0.25) is 4.90 Å². The van der Waals surface area contributed by atoms with Crippen molar-refractivity contribution >= 4 is 12.0 Å². The highest BCUT2D eigenvalue weighted by molar-refractivity contribution is 5.85. The van der Waals surface area contributed by atoms with E-state index in [-0.39, 0.29) is 0 Å². The highest BCUT2D eigenvalue weighted by atomic mass is 16.4. The number of carbonyl (C=O) groups is 1. The summed E-state index contributed by atoms with van der Waals surface area (Å²) in [5.74, 6) is -0.910. The Balaban J connectivity index is 1.95. The molecule has 1 aromatic rings. The summed E-state index contributed by atoms with van der Waals surface area (Å²) >= 11 is 0. The van der Waals surface area contributed by atoms with Crippen molar-refractivity contribution in [1.29, 1.82) is 0 Å². The number of rotatable bonds is 7. The molecule has 3 heteroatoms. The average molecular weight is 259 g/mol. The van der Waals surface area contributed by atoms with Crippen molar-refractivity contribution in [2.75, 3.05) is 6.54 Å². The third-order valence-corrected chi connectivity index (χ3v) is 3.36. The number of carboxylic acid groups (broad SMARTS) is 1. The normalized spacial score (nSPS) is 15.3. The number of hydrogen-bond donors (Lipinski definition) is 1. The first-order valence-corrected chi connectivity index (χ1v) is 6.93. The van der Waals surface area contributed by atoms with Gasteiger partial charge in [0.15, 0.2) is 0 Å². The van der Waals surface area contributed by atoms with E-state index in [0.29, 0.717) is 0 Å². The molecule has 1 N–H and O–H groups in total. The van der Waals surface area contributed by atoms with Gasteiger partial charge < -0.3 is 5.11 Å². The second-order valence-electron chi connectivity index (χ2n) is 5.11. The molecule has 2 rings (SSSR count). The highest BCUT2D eigenvalue weighted by Crippen LogP contribution is 2.28. The molecule has 1 fully saturated rings. The summed E-state index contributed by atoms with van der Waals surface area (Å²) in [5, 5.41) is 8.58. The molecule has 0 unspecified atom stereocenters. The van der Waals surface area contributed by atoms with E-state index in [4.69, 9.17) is 5.11 Å². The van der Waals surface area contributed by atoms with Crippen molar-refractivity contribution in [1.82, 2.24) is 4.90 Å². The predicted molar refractivity (Wildman–Crippen MR) is 76.8 cm³/mol. The van der Waals surface area contributed by atoms with Crippen LogP contribution >= 0.6 is 0 Å². The number of hydrogen-bond acceptors (Lipinski definition) is 2. The molecule has 0 spiro atoms. The minimum Gasteiger partial charge on any atom is -0.478 e. The van der Waals surface area contributed by atoms with Crippen molar-refractivity contribution in [2.45, 2.75) is 38.8 Å². The zero-order valence-electron chi connectivity index (χ0n) is 11.4. The first-order chi connectivity index (χ1) is 9.19. The van der Waals surface area contributed by atoms with E-state index in [1.807, 2.05) is 12.1 Å². The van der Waals surface area contributed by atoms with Gasteiger partial charge in [0, 0.05) is 18.7 Å². The molecule has 0 amide bonds. The van der Waals surface area contributed by atoms with E-state index in [9.17, 15) is 4.79 Å². The summed E-state index contributed by atoms with van der Waals surface area (Å²) in [6.07, 6.45) is 6.65. The van der Waals surface area contributed by atoms with Gasteiger partial charge in [0.2, 0.25) is 0 Å². The van der Waals surface area contributed by atoms with Gasteiger partial charge in [0.25, 0.3) is 0 Å². The van der Waals surface area contributed by atoms with E-state index >= 15 is 0 Å². The summed E-state index contributed by atoms with van der Waals surface area (Å²) in [6, 6.07) is 8.92. The van der Waals surface area contributed by atoms with Gasteiger partial charge in [-0.2, -0.15) is 0 Å². The molecule has 1 saturated carbocycles. The molecular formula is C16H21NO2. The monoisotopic (exact) mass is 259 g/mol. The van der Waals surface area contributed by atoms with Crippen molar-refractivity contribution in [3.05, 3.63) is 41.5 Å². The summed E-state index contributed by atoms with van der Waals surface area (Å²) in [6.45, 7) is 4.38. The summed E-state index contributed by atoms with van der Waals surface area (Å²) < 4.78 is 0. The molecular weight excluding hydrogens is 238 g/mol. The van der Waals surface area contributed by atoms with Gasteiger partial charge >= 0.3 is 5.97 Å². The maximum Gasteiger partial charge on any atom is 0.328 e. The van der Waals surface area contributed by atoms with E-state index in [2.05, 4.69) is 24.0 Å². The van der Waals surface area contributed by atoms with E-state index in [1.54, 1.807) is 6.08 Å². The molecule has 1 aliphatic carbocycles. The van der Waals surface area contributed by atoms with Crippen LogP contribution in [-0.4, -0.2) is 28.6 Å². The Hall–Kier alpha value is -1.61. The Morgan fingerprint density at radius 2 is 2.05 bits per heavy atom. The first kappa shape index (κ1) is 13.8. The summed E-state index contributed by atoms with van der Waals surface area (Å²) in [4.78, 5) is 13.0. The molecule has 0 atom stereocenters. The third-order valence-electron chi connectivity index (χ3n) is 3.36. The molecule has 1 aliphatic rings. The number of nitrogens with zero attached hydrogens (tertiary/aromatic N) is 1. The van der Waals surface area contributed by atoms with E-state index < -0.39 is 5.97 Å². The predicted octanol–water partition coefficient (Wildman–Crippen LogP) is 3.16. The molecule has 0 bridgehead atoms. The minimum atomic E-state index is -0.910. The molecule has 102 valence electrons. The standard InChI is InChI=1S/C16H21NO2/c1-2-11-17(15-8-9-15)12-14-5-3-13(4-6-14)7-10-16(18)19/h3-7,10,15H,2,8-9,11-12H2,1H3,(H,18,19)/b10-7+. The van der Waals surface area contributed by atoms with Crippen LogP contribution in [0.2, 0.25) is 0 Å². The largest absolute Gasteiger partial charge is 0.478 e. The molecule has 19 heavy (non-hydrogen) atoms. The second-order valence-corrected chi connectivity index (χ2v) is 5.11. The number of aliphatic carboxylic acids is 1. The van der Waals surface area contributed by atoms with Crippen LogP contribution in [0.1, 0.15) is 37.3 Å². The van der Waals surface area contributed by atoms with Crippen LogP contribution in [0.5, 0.6) is 0 Å². The quantitative estimate of drug-likeness (QED) is 0.765. The van der Waals surface area contributed by atoms with Crippen LogP contribution in [0.4, 0.5) is 0 Å². The van der Waals surface area contributed by atoms with Crippen molar-refractivity contribution < 1.29 is 9.90 Å². The fourth-order valence-corrected chi connectivity index (χ4v) is 2.25. The average Bonchev–Trinajstić information content (AvgIpc) is 3.21. The van der Waals surface area contributed by atoms with Crippen LogP contribution in [0.15, 0.2) is 30.3 Å². The molecule has 0 aliphatic heterocycles. The number of carboxylic acids is 1. The van der Waals surface area contributed by atoms with Gasteiger partial charge in [-0.05, 0) is 43.0 Å². The Morgan fingerprint density at radius 1 is 1.37 bits per heavy atom. The van der Waals surface area contributed by atoms with Crippen LogP contribution < -0.4 is 0 Å². The summed E-state index contributed by atoms with van der Waals surface area (Å²) in [7, 11) is 0. The maximum atomic E-state index is 10.4. The molecule has 3 nitrogen and oxygen atoms in total. The molecule has 0 radical (unpaired) electrons. The Kier molecular flexibility index (Phi) is 4.74. The fraction of sp³-hybridized carbons (Fsp3) is 0.438. The Labute approximate surface area is 114 Å². The SMILES string of the molecule is CCCN(Cc1ccc(/C=C/C(=O)O)cc1)C1CC1. The van der Waals surface area contributed by atoms with Crippen LogP contribution in [0, 0.1) is 0 Å². The van der Waals surface area contributed by atoms with Crippen LogP contribution in [-0.2, 0) is 11.3 Å². The van der Waals surface area contributed by atoms with Crippen molar-refractivity contribution in [2.24, 2.45) is 0 Å². The smallest absolute Gasteiger partial charge is 0.328 e. The minimum absolute atomic E-state index is 0.784. The number of benzene rings is 1. The van der Waals surface area contributed by atoms with Crippen LogP contribution in [0.25, 0.3) is 6.08 Å². The lowest BCUT2D eigenvalue weighted by Crippen LogP contribution is -2.26. The highest BCUT2D eigenvalue weighted by Gasteiger charge is 2.27. The first-order valence-electron chi connectivity index (χ1n) is 6.93. The molecule has 0 heterocycles. The topological polar surface area (TPSA) is 40.5 Å².